The SMILES string of the molecule is Oc1c(-c2ccccc2)cnc2c(C(F)(F)F)cccc12. The van der Waals surface area contributed by atoms with Gasteiger partial charge in [-0.25, -0.2) is 0 Å². The number of benzene rings is 2. The van der Waals surface area contributed by atoms with Crippen LogP contribution in [0.25, 0.3) is 22.0 Å². The summed E-state index contributed by atoms with van der Waals surface area (Å²) in [6, 6.07) is 12.6. The molecule has 0 aliphatic carbocycles. The molecular weight excluding hydrogens is 279 g/mol. The minimum Gasteiger partial charge on any atom is -0.507 e. The van der Waals surface area contributed by atoms with Crippen molar-refractivity contribution in [3.05, 3.63) is 60.3 Å². The molecule has 0 saturated carbocycles. The van der Waals surface area contributed by atoms with Crippen LogP contribution in [0.1, 0.15) is 5.56 Å². The van der Waals surface area contributed by atoms with E-state index in [9.17, 15) is 18.3 Å². The predicted octanol–water partition coefficient (Wildman–Crippen LogP) is 4.63. The summed E-state index contributed by atoms with van der Waals surface area (Å²) < 4.78 is 38.9. The second kappa shape index (κ2) is 4.77. The lowest BCUT2D eigenvalue weighted by Gasteiger charge is -2.12. The Balaban J connectivity index is 2.28. The molecule has 0 fully saturated rings. The van der Waals surface area contributed by atoms with Gasteiger partial charge < -0.3 is 5.11 Å². The van der Waals surface area contributed by atoms with Crippen LogP contribution in [-0.4, -0.2) is 10.1 Å². The van der Waals surface area contributed by atoms with Crippen molar-refractivity contribution in [3.63, 3.8) is 0 Å². The lowest BCUT2D eigenvalue weighted by Crippen LogP contribution is -2.06. The second-order valence-electron chi connectivity index (χ2n) is 4.59. The number of para-hydroxylation sites is 1. The molecule has 2 nitrogen and oxygen atoms in total. The molecule has 1 N–H and O–H groups in total. The molecule has 5 heteroatoms. The molecule has 0 radical (unpaired) electrons. The number of hydrogen-bond donors (Lipinski definition) is 1. The predicted molar refractivity (Wildman–Crippen MR) is 73.8 cm³/mol. The van der Waals surface area contributed by atoms with E-state index in [1.165, 1.54) is 18.3 Å². The molecule has 0 bridgehead atoms. The Morgan fingerprint density at radius 1 is 0.905 bits per heavy atom. The standard InChI is InChI=1S/C16H10F3NO/c17-16(18,19)13-8-4-7-11-14(13)20-9-12(15(11)21)10-5-2-1-3-6-10/h1-9H,(H,20,21). The number of pyridine rings is 1. The minimum absolute atomic E-state index is 0.0891. The van der Waals surface area contributed by atoms with Gasteiger partial charge in [0.1, 0.15) is 5.75 Å². The van der Waals surface area contributed by atoms with Gasteiger partial charge in [-0.05, 0) is 17.7 Å². The minimum atomic E-state index is -4.51. The molecule has 106 valence electrons. The molecule has 0 unspecified atom stereocenters. The first-order chi connectivity index (χ1) is 9.98. The number of aromatic nitrogens is 1. The van der Waals surface area contributed by atoms with Crippen molar-refractivity contribution < 1.29 is 18.3 Å². The van der Waals surface area contributed by atoms with Gasteiger partial charge in [-0.3, -0.25) is 4.98 Å². The molecule has 0 atom stereocenters. The molecular formula is C16H10F3NO. The third kappa shape index (κ3) is 2.31. The van der Waals surface area contributed by atoms with E-state index in [1.54, 1.807) is 24.3 Å². The maximum Gasteiger partial charge on any atom is 0.418 e. The number of fused-ring (bicyclic) bond motifs is 1. The summed E-state index contributed by atoms with van der Waals surface area (Å²) in [4.78, 5) is 3.90. The van der Waals surface area contributed by atoms with Crippen molar-refractivity contribution in [2.24, 2.45) is 0 Å². The average Bonchev–Trinajstić information content (AvgIpc) is 2.47. The lowest BCUT2D eigenvalue weighted by molar-refractivity contribution is -0.136. The first-order valence-corrected chi connectivity index (χ1v) is 6.22. The van der Waals surface area contributed by atoms with E-state index in [1.807, 2.05) is 6.07 Å². The van der Waals surface area contributed by atoms with Crippen molar-refractivity contribution in [3.8, 4) is 16.9 Å². The van der Waals surface area contributed by atoms with Crippen LogP contribution >= 0.6 is 0 Å². The zero-order chi connectivity index (χ0) is 15.0. The summed E-state index contributed by atoms with van der Waals surface area (Å²) in [5.74, 6) is -0.197. The molecule has 1 aromatic heterocycles. The van der Waals surface area contributed by atoms with Crippen molar-refractivity contribution in [1.29, 1.82) is 0 Å². The van der Waals surface area contributed by atoms with Crippen molar-refractivity contribution in [2.75, 3.05) is 0 Å². The molecule has 0 amide bonds. The fraction of sp³-hybridized carbons (Fsp3) is 0.0625. The van der Waals surface area contributed by atoms with Crippen LogP contribution in [0, 0.1) is 0 Å². The topological polar surface area (TPSA) is 33.1 Å². The third-order valence-corrected chi connectivity index (χ3v) is 3.26. The third-order valence-electron chi connectivity index (χ3n) is 3.26. The summed E-state index contributed by atoms with van der Waals surface area (Å²) in [6.45, 7) is 0. The molecule has 0 saturated heterocycles. The Labute approximate surface area is 118 Å². The summed E-state index contributed by atoms with van der Waals surface area (Å²) in [5.41, 5.74) is 0.00123. The van der Waals surface area contributed by atoms with Gasteiger partial charge in [-0.1, -0.05) is 36.4 Å². The van der Waals surface area contributed by atoms with Gasteiger partial charge in [0.25, 0.3) is 0 Å². The second-order valence-corrected chi connectivity index (χ2v) is 4.59. The number of alkyl halides is 3. The van der Waals surface area contributed by atoms with Crippen molar-refractivity contribution in [2.45, 2.75) is 6.18 Å². The monoisotopic (exact) mass is 289 g/mol. The Bertz CT molecular complexity index is 798. The van der Waals surface area contributed by atoms with Crippen LogP contribution in [0.3, 0.4) is 0 Å². The van der Waals surface area contributed by atoms with Gasteiger partial charge in [-0.2, -0.15) is 13.2 Å². The zero-order valence-electron chi connectivity index (χ0n) is 10.7. The van der Waals surface area contributed by atoms with Gasteiger partial charge in [0.15, 0.2) is 0 Å². The highest BCUT2D eigenvalue weighted by atomic mass is 19.4. The van der Waals surface area contributed by atoms with E-state index in [2.05, 4.69) is 4.98 Å². The highest BCUT2D eigenvalue weighted by molar-refractivity contribution is 5.93. The molecule has 0 aliphatic rings. The van der Waals surface area contributed by atoms with Gasteiger partial charge in [-0.15, -0.1) is 0 Å². The lowest BCUT2D eigenvalue weighted by atomic mass is 10.0. The number of rotatable bonds is 1. The van der Waals surface area contributed by atoms with Crippen LogP contribution in [-0.2, 0) is 6.18 Å². The first-order valence-electron chi connectivity index (χ1n) is 6.22. The molecule has 3 aromatic rings. The molecule has 0 aliphatic heterocycles. The van der Waals surface area contributed by atoms with E-state index in [4.69, 9.17) is 0 Å². The summed E-state index contributed by atoms with van der Waals surface area (Å²) in [7, 11) is 0. The van der Waals surface area contributed by atoms with Gasteiger partial charge >= 0.3 is 6.18 Å². The number of halogens is 3. The van der Waals surface area contributed by atoms with Gasteiger partial charge in [0, 0.05) is 17.1 Å². The van der Waals surface area contributed by atoms with Crippen LogP contribution in [0.4, 0.5) is 13.2 Å². The van der Waals surface area contributed by atoms with Gasteiger partial charge in [0.05, 0.1) is 11.1 Å². The zero-order valence-corrected chi connectivity index (χ0v) is 10.7. The fourth-order valence-electron chi connectivity index (χ4n) is 2.27. The maximum atomic E-state index is 13.0. The summed E-state index contributed by atoms with van der Waals surface area (Å²) in [6.07, 6.45) is -3.24. The Morgan fingerprint density at radius 2 is 1.62 bits per heavy atom. The van der Waals surface area contributed by atoms with E-state index in [0.717, 1.165) is 6.07 Å². The molecule has 2 aromatic carbocycles. The fourth-order valence-corrected chi connectivity index (χ4v) is 2.27. The van der Waals surface area contributed by atoms with Crippen molar-refractivity contribution in [1.82, 2.24) is 4.98 Å². The maximum absolute atomic E-state index is 13.0. The first kappa shape index (κ1) is 13.4. The quantitative estimate of drug-likeness (QED) is 0.708. The van der Waals surface area contributed by atoms with E-state index < -0.39 is 11.7 Å². The van der Waals surface area contributed by atoms with Gasteiger partial charge in [0.2, 0.25) is 0 Å². The summed E-state index contributed by atoms with van der Waals surface area (Å²) >= 11 is 0. The van der Waals surface area contributed by atoms with Crippen LogP contribution in [0.15, 0.2) is 54.7 Å². The van der Waals surface area contributed by atoms with Crippen LogP contribution in [0.2, 0.25) is 0 Å². The largest absolute Gasteiger partial charge is 0.507 e. The van der Waals surface area contributed by atoms with E-state index in [-0.39, 0.29) is 16.7 Å². The smallest absolute Gasteiger partial charge is 0.418 e. The van der Waals surface area contributed by atoms with E-state index >= 15 is 0 Å². The van der Waals surface area contributed by atoms with E-state index in [0.29, 0.717) is 11.1 Å². The normalized spacial score (nSPS) is 11.8. The molecule has 3 rings (SSSR count). The average molecular weight is 289 g/mol. The van der Waals surface area contributed by atoms with Crippen LogP contribution < -0.4 is 0 Å². The number of nitrogens with zero attached hydrogens (tertiary/aromatic N) is 1. The Hall–Kier alpha value is -2.56. The number of hydrogen-bond acceptors (Lipinski definition) is 2. The van der Waals surface area contributed by atoms with Crippen molar-refractivity contribution >= 4 is 10.9 Å². The molecule has 21 heavy (non-hydrogen) atoms. The number of aromatic hydroxyl groups is 1. The molecule has 1 heterocycles. The summed E-state index contributed by atoms with van der Waals surface area (Å²) in [5, 5.41) is 10.4. The highest BCUT2D eigenvalue weighted by Crippen LogP contribution is 2.39. The van der Waals surface area contributed by atoms with Crippen LogP contribution in [0.5, 0.6) is 5.75 Å². The Kier molecular flexibility index (Phi) is 3.05. The Morgan fingerprint density at radius 3 is 2.29 bits per heavy atom. The molecule has 0 spiro atoms. The highest BCUT2D eigenvalue weighted by Gasteiger charge is 2.33.